The lowest BCUT2D eigenvalue weighted by Gasteiger charge is -2.12. The van der Waals surface area contributed by atoms with Gasteiger partial charge >= 0.3 is 0 Å². The Balaban J connectivity index is 1.25. The molecule has 0 aliphatic rings. The van der Waals surface area contributed by atoms with Crippen molar-refractivity contribution in [3.05, 3.63) is 71.3 Å². The number of amides is 2. The summed E-state index contributed by atoms with van der Waals surface area (Å²) in [7, 11) is 0. The van der Waals surface area contributed by atoms with Crippen LogP contribution in [0.3, 0.4) is 0 Å². The zero-order valence-corrected chi connectivity index (χ0v) is 19.8. The van der Waals surface area contributed by atoms with Crippen LogP contribution in [0.15, 0.2) is 55.1 Å². The minimum atomic E-state index is -0.498. The molecule has 0 radical (unpaired) electrons. The first-order valence-corrected chi connectivity index (χ1v) is 11.7. The van der Waals surface area contributed by atoms with Gasteiger partial charge in [-0.3, -0.25) is 19.6 Å². The van der Waals surface area contributed by atoms with Gasteiger partial charge in [-0.15, -0.1) is 0 Å². The number of hydrogen-bond donors (Lipinski definition) is 4. The molecule has 0 atom stereocenters. The largest absolute Gasteiger partial charge is 0.369 e. The lowest BCUT2D eigenvalue weighted by molar-refractivity contribution is -0.121. The molecule has 180 valence electrons. The van der Waals surface area contributed by atoms with Crippen molar-refractivity contribution in [2.45, 2.75) is 19.4 Å². The van der Waals surface area contributed by atoms with Gasteiger partial charge in [0.05, 0.1) is 10.5 Å². The molecule has 0 fully saturated rings. The van der Waals surface area contributed by atoms with Gasteiger partial charge in [0, 0.05) is 79.1 Å². The van der Waals surface area contributed by atoms with Crippen molar-refractivity contribution in [3.63, 3.8) is 0 Å². The SMILES string of the molecule is NC(=O)c1ccc2c(c1)nc(NCCCNC(=O)CCNCc1cncc(Cl)c1)c1ccncc12. The van der Waals surface area contributed by atoms with E-state index in [1.807, 2.05) is 18.2 Å². The second kappa shape index (κ2) is 11.5. The van der Waals surface area contributed by atoms with E-state index in [1.54, 1.807) is 36.9 Å². The van der Waals surface area contributed by atoms with Crippen LogP contribution in [0.25, 0.3) is 21.7 Å². The summed E-state index contributed by atoms with van der Waals surface area (Å²) in [5.41, 5.74) is 7.46. The number of benzene rings is 1. The highest BCUT2D eigenvalue weighted by Crippen LogP contribution is 2.29. The van der Waals surface area contributed by atoms with E-state index in [2.05, 4.69) is 25.9 Å². The Bertz CT molecular complexity index is 1360. The van der Waals surface area contributed by atoms with Gasteiger partial charge in [-0.1, -0.05) is 17.7 Å². The molecule has 35 heavy (non-hydrogen) atoms. The maximum atomic E-state index is 12.1. The molecule has 3 aromatic heterocycles. The number of carbonyl (C=O) groups is 2. The highest BCUT2D eigenvalue weighted by molar-refractivity contribution is 6.30. The summed E-state index contributed by atoms with van der Waals surface area (Å²) in [4.78, 5) is 36.6. The van der Waals surface area contributed by atoms with Crippen LogP contribution in [0.4, 0.5) is 5.82 Å². The number of carbonyl (C=O) groups excluding carboxylic acids is 2. The summed E-state index contributed by atoms with van der Waals surface area (Å²) in [5, 5.41) is 12.8. The number of pyridine rings is 3. The molecule has 0 spiro atoms. The second-order valence-corrected chi connectivity index (χ2v) is 8.48. The number of nitrogens with one attached hydrogen (secondary N) is 3. The minimum Gasteiger partial charge on any atom is -0.369 e. The van der Waals surface area contributed by atoms with Gasteiger partial charge in [0.2, 0.25) is 11.8 Å². The minimum absolute atomic E-state index is 0.0129. The summed E-state index contributed by atoms with van der Waals surface area (Å²) in [5.74, 6) is 0.186. The number of halogens is 1. The number of primary amides is 1. The van der Waals surface area contributed by atoms with Crippen LogP contribution in [-0.4, -0.2) is 46.4 Å². The molecule has 0 saturated carbocycles. The van der Waals surface area contributed by atoms with E-state index >= 15 is 0 Å². The van der Waals surface area contributed by atoms with Crippen LogP contribution in [0.1, 0.15) is 28.8 Å². The fourth-order valence-corrected chi connectivity index (χ4v) is 3.93. The van der Waals surface area contributed by atoms with Crippen LogP contribution < -0.4 is 21.7 Å². The number of fused-ring (bicyclic) bond motifs is 3. The third kappa shape index (κ3) is 6.40. The molecule has 4 rings (SSSR count). The Morgan fingerprint density at radius 1 is 0.943 bits per heavy atom. The van der Waals surface area contributed by atoms with E-state index in [4.69, 9.17) is 22.3 Å². The van der Waals surface area contributed by atoms with E-state index in [0.29, 0.717) is 54.5 Å². The molecule has 0 bridgehead atoms. The lowest BCUT2D eigenvalue weighted by atomic mass is 10.1. The summed E-state index contributed by atoms with van der Waals surface area (Å²) >= 11 is 5.92. The van der Waals surface area contributed by atoms with E-state index in [-0.39, 0.29) is 5.91 Å². The zero-order valence-electron chi connectivity index (χ0n) is 19.1. The lowest BCUT2D eigenvalue weighted by Crippen LogP contribution is -2.29. The molecular weight excluding hydrogens is 466 g/mol. The van der Waals surface area contributed by atoms with Gasteiger partial charge in [0.25, 0.3) is 0 Å². The second-order valence-electron chi connectivity index (χ2n) is 8.05. The summed E-state index contributed by atoms with van der Waals surface area (Å²) in [6, 6.07) is 8.97. The predicted molar refractivity (Wildman–Crippen MR) is 137 cm³/mol. The van der Waals surface area contributed by atoms with Crippen molar-refractivity contribution in [2.24, 2.45) is 5.73 Å². The van der Waals surface area contributed by atoms with Crippen molar-refractivity contribution in [1.29, 1.82) is 0 Å². The zero-order chi connectivity index (χ0) is 24.6. The first-order chi connectivity index (χ1) is 17.0. The molecular formula is C25H26ClN7O2. The first kappa shape index (κ1) is 24.3. The Hall–Kier alpha value is -3.82. The number of rotatable bonds is 11. The normalized spacial score (nSPS) is 11.0. The maximum Gasteiger partial charge on any atom is 0.248 e. The molecule has 3 heterocycles. The van der Waals surface area contributed by atoms with Gasteiger partial charge < -0.3 is 21.7 Å². The van der Waals surface area contributed by atoms with Gasteiger partial charge in [-0.05, 0) is 36.2 Å². The van der Waals surface area contributed by atoms with Crippen molar-refractivity contribution < 1.29 is 9.59 Å². The fourth-order valence-electron chi connectivity index (χ4n) is 3.73. The van der Waals surface area contributed by atoms with Crippen LogP contribution in [0.5, 0.6) is 0 Å². The Kier molecular flexibility index (Phi) is 8.02. The van der Waals surface area contributed by atoms with Crippen molar-refractivity contribution >= 4 is 50.9 Å². The summed E-state index contributed by atoms with van der Waals surface area (Å²) in [6.45, 7) is 2.33. The molecule has 0 unspecified atom stereocenters. The van der Waals surface area contributed by atoms with Crippen LogP contribution in [-0.2, 0) is 11.3 Å². The van der Waals surface area contributed by atoms with Gasteiger partial charge in [-0.2, -0.15) is 0 Å². The third-order valence-corrected chi connectivity index (χ3v) is 5.68. The molecule has 10 heteroatoms. The van der Waals surface area contributed by atoms with Crippen LogP contribution in [0, 0.1) is 0 Å². The quantitative estimate of drug-likeness (QED) is 0.187. The van der Waals surface area contributed by atoms with E-state index < -0.39 is 5.91 Å². The molecule has 4 aromatic rings. The topological polar surface area (TPSA) is 135 Å². The van der Waals surface area contributed by atoms with Crippen LogP contribution in [0.2, 0.25) is 5.02 Å². The van der Waals surface area contributed by atoms with E-state index in [0.717, 1.165) is 28.1 Å². The average Bonchev–Trinajstić information content (AvgIpc) is 2.86. The van der Waals surface area contributed by atoms with Gasteiger partial charge in [0.1, 0.15) is 5.82 Å². The predicted octanol–water partition coefficient (Wildman–Crippen LogP) is 3.03. The standard InChI is InChI=1S/C25H26ClN7O2/c26-18-10-16(13-30-14-18)12-28-9-5-23(34)31-6-1-7-32-25-20-4-8-29-15-21(20)19-3-2-17(24(27)35)11-22(19)33-25/h2-4,8,10-11,13-15,28H,1,5-7,9,12H2,(H2,27,35)(H,31,34)(H,32,33). The van der Waals surface area contributed by atoms with Crippen LogP contribution >= 0.6 is 11.6 Å². The van der Waals surface area contributed by atoms with Crippen molar-refractivity contribution in [2.75, 3.05) is 25.0 Å². The Morgan fingerprint density at radius 2 is 1.83 bits per heavy atom. The highest BCUT2D eigenvalue weighted by atomic mass is 35.5. The number of nitrogens with zero attached hydrogens (tertiary/aromatic N) is 3. The monoisotopic (exact) mass is 491 g/mol. The van der Waals surface area contributed by atoms with Gasteiger partial charge in [-0.25, -0.2) is 4.98 Å². The fraction of sp³-hybridized carbons (Fsp3) is 0.240. The summed E-state index contributed by atoms with van der Waals surface area (Å²) < 4.78 is 0. The molecule has 2 amide bonds. The third-order valence-electron chi connectivity index (χ3n) is 5.47. The van der Waals surface area contributed by atoms with E-state index in [1.165, 1.54) is 0 Å². The highest BCUT2D eigenvalue weighted by Gasteiger charge is 2.10. The molecule has 0 saturated heterocycles. The van der Waals surface area contributed by atoms with Gasteiger partial charge in [0.15, 0.2) is 0 Å². The average molecular weight is 492 g/mol. The molecule has 1 aromatic carbocycles. The molecule has 9 nitrogen and oxygen atoms in total. The van der Waals surface area contributed by atoms with Crippen molar-refractivity contribution in [3.8, 4) is 0 Å². The number of nitrogens with two attached hydrogens (primary N) is 1. The Labute approximate surface area is 207 Å². The van der Waals surface area contributed by atoms with E-state index in [9.17, 15) is 9.59 Å². The smallest absolute Gasteiger partial charge is 0.248 e. The Morgan fingerprint density at radius 3 is 2.66 bits per heavy atom. The molecule has 5 N–H and O–H groups in total. The maximum absolute atomic E-state index is 12.1. The molecule has 0 aliphatic heterocycles. The van der Waals surface area contributed by atoms with Crippen molar-refractivity contribution in [1.82, 2.24) is 25.6 Å². The molecule has 0 aliphatic carbocycles. The first-order valence-electron chi connectivity index (χ1n) is 11.3. The number of anilines is 1. The number of aromatic nitrogens is 3. The number of hydrogen-bond acceptors (Lipinski definition) is 7. The summed E-state index contributed by atoms with van der Waals surface area (Å²) in [6.07, 6.45) is 7.94.